The fourth-order valence-corrected chi connectivity index (χ4v) is 8.06. The number of carbonyl (C=O) groups excluding carboxylic acids is 3. The third kappa shape index (κ3) is 4.45. The second-order valence-corrected chi connectivity index (χ2v) is 12.1. The van der Waals surface area contributed by atoms with Gasteiger partial charge in [0.05, 0.1) is 9.09 Å². The summed E-state index contributed by atoms with van der Waals surface area (Å²) in [7, 11) is 0. The summed E-state index contributed by atoms with van der Waals surface area (Å²) >= 11 is 4.71. The van der Waals surface area contributed by atoms with Crippen molar-refractivity contribution in [3.05, 3.63) is 44.5 Å². The van der Waals surface area contributed by atoms with Crippen molar-refractivity contribution in [1.82, 2.24) is 9.80 Å². The number of rotatable bonds is 4. The van der Waals surface area contributed by atoms with Gasteiger partial charge in [-0.05, 0) is 77.8 Å². The molecule has 174 valence electrons. The molecule has 2 aliphatic heterocycles. The van der Waals surface area contributed by atoms with Gasteiger partial charge in [-0.1, -0.05) is 0 Å². The molecule has 2 saturated heterocycles. The Balaban J connectivity index is 1.23. The molecule has 1 aliphatic carbocycles. The minimum absolute atomic E-state index is 0.0708. The highest BCUT2D eigenvalue weighted by Gasteiger charge is 2.43. The molecule has 2 aromatic rings. The van der Waals surface area contributed by atoms with Gasteiger partial charge in [-0.3, -0.25) is 14.4 Å². The van der Waals surface area contributed by atoms with Crippen LogP contribution in [0.1, 0.15) is 63.3 Å². The Bertz CT molecular complexity index is 1090. The lowest BCUT2D eigenvalue weighted by atomic mass is 9.78. The number of nitrogens with zero attached hydrogens (tertiary/aromatic N) is 2. The van der Waals surface area contributed by atoms with E-state index in [-0.39, 0.29) is 23.0 Å². The molecule has 0 saturated carbocycles. The Hall–Kier alpha value is -1.90. The van der Waals surface area contributed by atoms with Crippen molar-refractivity contribution in [3.8, 4) is 0 Å². The molecule has 0 atom stereocenters. The van der Waals surface area contributed by atoms with E-state index >= 15 is 0 Å². The number of hydrogen-bond donors (Lipinski definition) is 0. The van der Waals surface area contributed by atoms with Crippen LogP contribution in [0.5, 0.6) is 0 Å². The minimum atomic E-state index is 0.0708. The highest BCUT2D eigenvalue weighted by Crippen LogP contribution is 2.44. The van der Waals surface area contributed by atoms with E-state index in [1.807, 2.05) is 39.0 Å². The molecule has 8 heteroatoms. The van der Waals surface area contributed by atoms with Gasteiger partial charge in [0.25, 0.3) is 5.91 Å². The third-order valence-electron chi connectivity index (χ3n) is 7.29. The molecular weight excluding hydrogens is 472 g/mol. The van der Waals surface area contributed by atoms with E-state index in [1.165, 1.54) is 11.3 Å². The molecular formula is C25H28N2O3S3. The third-order valence-corrected chi connectivity index (χ3v) is 10.3. The Morgan fingerprint density at radius 1 is 1.12 bits per heavy atom. The zero-order chi connectivity index (χ0) is 23.0. The molecule has 2 aromatic heterocycles. The van der Waals surface area contributed by atoms with Crippen LogP contribution in [0.4, 0.5) is 0 Å². The number of likely N-dealkylation sites (tertiary alicyclic amines) is 2. The highest BCUT2D eigenvalue weighted by molar-refractivity contribution is 8.00. The predicted molar refractivity (Wildman–Crippen MR) is 135 cm³/mol. The molecule has 0 N–H and O–H groups in total. The summed E-state index contributed by atoms with van der Waals surface area (Å²) in [5, 5.41) is 4.04. The fraction of sp³-hybridized carbons (Fsp3) is 0.480. The second-order valence-electron chi connectivity index (χ2n) is 9.25. The van der Waals surface area contributed by atoms with Crippen LogP contribution < -0.4 is 0 Å². The molecule has 4 heterocycles. The lowest BCUT2D eigenvalue weighted by molar-refractivity contribution is -0.128. The summed E-state index contributed by atoms with van der Waals surface area (Å²) in [5.74, 6) is 0.362. The first-order chi connectivity index (χ1) is 16.0. The lowest BCUT2D eigenvalue weighted by Gasteiger charge is -2.39. The maximum atomic E-state index is 13.5. The first kappa shape index (κ1) is 22.9. The second kappa shape index (κ2) is 9.39. The maximum Gasteiger partial charge on any atom is 0.264 e. The van der Waals surface area contributed by atoms with Crippen molar-refractivity contribution in [2.24, 2.45) is 5.41 Å². The number of amides is 2. The summed E-state index contributed by atoms with van der Waals surface area (Å²) in [6, 6.07) is 2.01. The fourth-order valence-electron chi connectivity index (χ4n) is 5.33. The van der Waals surface area contributed by atoms with Crippen LogP contribution in [-0.2, 0) is 11.2 Å². The van der Waals surface area contributed by atoms with Gasteiger partial charge in [0.15, 0.2) is 5.78 Å². The van der Waals surface area contributed by atoms with Crippen LogP contribution in [0.2, 0.25) is 0 Å². The van der Waals surface area contributed by atoms with Crippen LogP contribution in [0.15, 0.2) is 27.1 Å². The van der Waals surface area contributed by atoms with Crippen molar-refractivity contribution in [2.45, 2.75) is 42.7 Å². The monoisotopic (exact) mass is 500 g/mol. The lowest BCUT2D eigenvalue weighted by Crippen LogP contribution is -2.44. The van der Waals surface area contributed by atoms with Crippen molar-refractivity contribution in [1.29, 1.82) is 0 Å². The van der Waals surface area contributed by atoms with Gasteiger partial charge in [0.2, 0.25) is 5.91 Å². The molecule has 1 spiro atoms. The average Bonchev–Trinajstić information content (AvgIpc) is 3.57. The highest BCUT2D eigenvalue weighted by atomic mass is 32.2. The zero-order valence-electron chi connectivity index (χ0n) is 18.8. The summed E-state index contributed by atoms with van der Waals surface area (Å²) in [6.45, 7) is 3.01. The van der Waals surface area contributed by atoms with Gasteiger partial charge in [0, 0.05) is 44.2 Å². The molecule has 0 bridgehead atoms. The average molecular weight is 501 g/mol. The Kier molecular flexibility index (Phi) is 6.51. The van der Waals surface area contributed by atoms with Gasteiger partial charge >= 0.3 is 0 Å². The van der Waals surface area contributed by atoms with Crippen molar-refractivity contribution in [3.63, 3.8) is 0 Å². The van der Waals surface area contributed by atoms with Gasteiger partial charge in [0.1, 0.15) is 0 Å². The predicted octanol–water partition coefficient (Wildman–Crippen LogP) is 5.22. The van der Waals surface area contributed by atoms with Gasteiger partial charge in [-0.2, -0.15) is 11.3 Å². The number of carbonyl (C=O) groups is 3. The Morgan fingerprint density at radius 3 is 2.58 bits per heavy atom. The SMILES string of the molecule is CSc1sc(C(=O)N2CCC3(CCN(C(=O)C=Cc4ccsc4)CC3)C2)c2c1C(=O)CCC2. The van der Waals surface area contributed by atoms with E-state index in [2.05, 4.69) is 0 Å². The number of thiophene rings is 2. The van der Waals surface area contributed by atoms with Crippen LogP contribution in [0.25, 0.3) is 6.08 Å². The van der Waals surface area contributed by atoms with Gasteiger partial charge < -0.3 is 9.80 Å². The molecule has 0 radical (unpaired) electrons. The first-order valence-electron chi connectivity index (χ1n) is 11.5. The van der Waals surface area contributed by atoms with Crippen LogP contribution in [0, 0.1) is 5.41 Å². The minimum Gasteiger partial charge on any atom is -0.339 e. The number of Topliss-reactive ketones (excluding diaryl/α,β-unsaturated/α-hetero) is 1. The number of piperidine rings is 1. The standard InChI is InChI=1S/C25H28N2O3S3/c1-31-24-21-18(3-2-4-19(21)28)22(33-24)23(30)27-13-10-25(16-27)8-11-26(12-9-25)20(29)6-5-17-7-14-32-15-17/h5-7,14-15H,2-4,8-13,16H2,1H3. The summed E-state index contributed by atoms with van der Waals surface area (Å²) in [5.41, 5.74) is 2.98. The normalized spacial score (nSPS) is 20.1. The van der Waals surface area contributed by atoms with Crippen molar-refractivity contribution >= 4 is 58.1 Å². The summed E-state index contributed by atoms with van der Waals surface area (Å²) < 4.78 is 0.995. The van der Waals surface area contributed by atoms with E-state index in [4.69, 9.17) is 0 Å². The molecule has 2 fully saturated rings. The summed E-state index contributed by atoms with van der Waals surface area (Å²) in [4.78, 5) is 43.3. The Morgan fingerprint density at radius 2 is 1.88 bits per heavy atom. The molecule has 5 nitrogen and oxygen atoms in total. The van der Waals surface area contributed by atoms with Crippen LogP contribution in [-0.4, -0.2) is 59.8 Å². The first-order valence-corrected chi connectivity index (χ1v) is 14.5. The smallest absolute Gasteiger partial charge is 0.264 e. The molecule has 33 heavy (non-hydrogen) atoms. The largest absolute Gasteiger partial charge is 0.339 e. The van der Waals surface area contributed by atoms with Crippen LogP contribution in [0.3, 0.4) is 0 Å². The van der Waals surface area contributed by atoms with E-state index in [9.17, 15) is 14.4 Å². The molecule has 5 rings (SSSR count). The number of ketones is 1. The Labute approximate surface area is 206 Å². The van der Waals surface area contributed by atoms with E-state index in [1.54, 1.807) is 29.2 Å². The topological polar surface area (TPSA) is 57.7 Å². The number of fused-ring (bicyclic) bond motifs is 1. The van der Waals surface area contributed by atoms with Gasteiger partial charge in [-0.25, -0.2) is 0 Å². The quantitative estimate of drug-likeness (QED) is 0.427. The number of thioether (sulfide) groups is 1. The molecule has 2 amide bonds. The van der Waals surface area contributed by atoms with E-state index < -0.39 is 0 Å². The molecule has 3 aliphatic rings. The van der Waals surface area contributed by atoms with Crippen molar-refractivity contribution in [2.75, 3.05) is 32.4 Å². The van der Waals surface area contributed by atoms with Crippen molar-refractivity contribution < 1.29 is 14.4 Å². The zero-order valence-corrected chi connectivity index (χ0v) is 21.3. The maximum absolute atomic E-state index is 13.5. The van der Waals surface area contributed by atoms with E-state index in [0.717, 1.165) is 84.1 Å². The summed E-state index contributed by atoms with van der Waals surface area (Å²) in [6.07, 6.45) is 10.7. The molecule has 0 unspecified atom stereocenters. The van der Waals surface area contributed by atoms with Crippen LogP contribution >= 0.6 is 34.4 Å². The van der Waals surface area contributed by atoms with Gasteiger partial charge in [-0.15, -0.1) is 23.1 Å². The number of hydrogen-bond acceptors (Lipinski definition) is 6. The molecule has 0 aromatic carbocycles. The van der Waals surface area contributed by atoms with E-state index in [0.29, 0.717) is 6.42 Å².